The van der Waals surface area contributed by atoms with Crippen LogP contribution in [-0.4, -0.2) is 24.8 Å². The van der Waals surface area contributed by atoms with Crippen molar-refractivity contribution in [2.75, 3.05) is 6.61 Å². The second-order valence-corrected chi connectivity index (χ2v) is 3.70. The Hall–Kier alpha value is -0.120. The van der Waals surface area contributed by atoms with Crippen molar-refractivity contribution < 1.29 is 4.74 Å². The van der Waals surface area contributed by atoms with Crippen LogP contribution in [-0.2, 0) is 4.74 Å². The first-order valence-electron chi connectivity index (χ1n) is 4.42. The maximum atomic E-state index is 5.91. The summed E-state index contributed by atoms with van der Waals surface area (Å²) >= 11 is 0. The van der Waals surface area contributed by atoms with E-state index < -0.39 is 0 Å². The Balaban J connectivity index is 1.95. The highest BCUT2D eigenvalue weighted by Gasteiger charge is 2.40. The quantitative estimate of drug-likeness (QED) is 0.554. The largest absolute Gasteiger partial charge is 0.376 e. The molecule has 1 heterocycles. The molecule has 2 aliphatic rings. The lowest BCUT2D eigenvalue weighted by Crippen LogP contribution is -2.55. The van der Waals surface area contributed by atoms with Crippen molar-refractivity contribution >= 4 is 0 Å². The third-order valence-corrected chi connectivity index (χ3v) is 2.72. The van der Waals surface area contributed by atoms with Gasteiger partial charge in [0.2, 0.25) is 0 Å². The van der Waals surface area contributed by atoms with E-state index >= 15 is 0 Å². The van der Waals surface area contributed by atoms with E-state index in [1.54, 1.807) is 0 Å². The Morgan fingerprint density at radius 1 is 1.09 bits per heavy atom. The Labute approximate surface area is 67.1 Å². The Morgan fingerprint density at radius 2 is 1.82 bits per heavy atom. The first kappa shape index (κ1) is 7.53. The topological polar surface area (TPSA) is 61.3 Å². The van der Waals surface area contributed by atoms with Gasteiger partial charge in [0.05, 0.1) is 6.10 Å². The third kappa shape index (κ3) is 1.41. The lowest BCUT2D eigenvalue weighted by Gasteiger charge is -2.33. The molecule has 0 aromatic carbocycles. The van der Waals surface area contributed by atoms with Gasteiger partial charge in [0.1, 0.15) is 0 Å². The molecule has 3 heteroatoms. The van der Waals surface area contributed by atoms with E-state index in [4.69, 9.17) is 16.2 Å². The van der Waals surface area contributed by atoms with Crippen LogP contribution in [0, 0.1) is 5.92 Å². The van der Waals surface area contributed by atoms with Crippen LogP contribution in [0.25, 0.3) is 0 Å². The molecule has 11 heavy (non-hydrogen) atoms. The Kier molecular flexibility index (Phi) is 1.87. The summed E-state index contributed by atoms with van der Waals surface area (Å²) in [5.41, 5.74) is 11.7. The van der Waals surface area contributed by atoms with Gasteiger partial charge in [-0.2, -0.15) is 0 Å². The minimum Gasteiger partial charge on any atom is -0.376 e. The Morgan fingerprint density at radius 3 is 2.45 bits per heavy atom. The van der Waals surface area contributed by atoms with Gasteiger partial charge in [0, 0.05) is 18.7 Å². The number of nitrogens with two attached hydrogens (primary N) is 2. The summed E-state index contributed by atoms with van der Waals surface area (Å²) in [6.45, 7) is 0.802. The minimum atomic E-state index is 0.0799. The van der Waals surface area contributed by atoms with Crippen molar-refractivity contribution in [2.24, 2.45) is 17.4 Å². The standard InChI is InChI=1S/C8H16N2O/c9-6-3-4-11-8(7(6)10)5-1-2-5/h5-8H,1-4,9-10H2. The summed E-state index contributed by atoms with van der Waals surface area (Å²) in [5.74, 6) is 0.719. The van der Waals surface area contributed by atoms with Gasteiger partial charge in [-0.3, -0.25) is 0 Å². The maximum absolute atomic E-state index is 5.91. The first-order valence-corrected chi connectivity index (χ1v) is 4.42. The molecule has 1 saturated carbocycles. The lowest BCUT2D eigenvalue weighted by molar-refractivity contribution is -0.0199. The number of ether oxygens (including phenoxy) is 1. The van der Waals surface area contributed by atoms with E-state index in [1.165, 1.54) is 12.8 Å². The zero-order chi connectivity index (χ0) is 7.84. The molecule has 2 rings (SSSR count). The van der Waals surface area contributed by atoms with Crippen LogP contribution in [0.1, 0.15) is 19.3 Å². The van der Waals surface area contributed by atoms with Gasteiger partial charge in [-0.1, -0.05) is 0 Å². The van der Waals surface area contributed by atoms with Crippen molar-refractivity contribution in [1.29, 1.82) is 0 Å². The van der Waals surface area contributed by atoms with Gasteiger partial charge in [-0.05, 0) is 25.2 Å². The summed E-state index contributed by atoms with van der Waals surface area (Å²) in [4.78, 5) is 0. The molecule has 1 saturated heterocycles. The molecule has 0 amide bonds. The van der Waals surface area contributed by atoms with Gasteiger partial charge in [0.25, 0.3) is 0 Å². The van der Waals surface area contributed by atoms with Crippen LogP contribution in [0.4, 0.5) is 0 Å². The number of rotatable bonds is 1. The summed E-state index contributed by atoms with van der Waals surface area (Å²) in [5, 5.41) is 0. The van der Waals surface area contributed by atoms with Crippen LogP contribution in [0.15, 0.2) is 0 Å². The second kappa shape index (κ2) is 2.73. The first-order chi connectivity index (χ1) is 5.29. The van der Waals surface area contributed by atoms with Crippen molar-refractivity contribution in [3.63, 3.8) is 0 Å². The van der Waals surface area contributed by atoms with Crippen LogP contribution in [0.2, 0.25) is 0 Å². The second-order valence-electron chi connectivity index (χ2n) is 3.70. The van der Waals surface area contributed by atoms with Crippen LogP contribution in [0.3, 0.4) is 0 Å². The normalized spacial score (nSPS) is 45.8. The summed E-state index contributed by atoms with van der Waals surface area (Å²) in [7, 11) is 0. The monoisotopic (exact) mass is 156 g/mol. The molecule has 1 aliphatic carbocycles. The van der Waals surface area contributed by atoms with Gasteiger partial charge >= 0.3 is 0 Å². The molecule has 3 nitrogen and oxygen atoms in total. The zero-order valence-electron chi connectivity index (χ0n) is 6.70. The molecule has 0 aromatic rings. The number of hydrogen-bond acceptors (Lipinski definition) is 3. The predicted molar refractivity (Wildman–Crippen MR) is 43.0 cm³/mol. The highest BCUT2D eigenvalue weighted by molar-refractivity contribution is 4.95. The van der Waals surface area contributed by atoms with E-state index in [9.17, 15) is 0 Å². The van der Waals surface area contributed by atoms with Crippen molar-refractivity contribution in [3.8, 4) is 0 Å². The average molecular weight is 156 g/mol. The number of hydrogen-bond donors (Lipinski definition) is 2. The molecule has 1 aliphatic heterocycles. The van der Waals surface area contributed by atoms with Crippen LogP contribution >= 0.6 is 0 Å². The van der Waals surface area contributed by atoms with E-state index in [1.807, 2.05) is 0 Å². The zero-order valence-corrected chi connectivity index (χ0v) is 6.70. The van der Waals surface area contributed by atoms with Gasteiger partial charge in [-0.25, -0.2) is 0 Å². The van der Waals surface area contributed by atoms with Gasteiger partial charge < -0.3 is 16.2 Å². The molecule has 0 aromatic heterocycles. The molecule has 0 spiro atoms. The third-order valence-electron chi connectivity index (χ3n) is 2.72. The van der Waals surface area contributed by atoms with Crippen molar-refractivity contribution in [3.05, 3.63) is 0 Å². The highest BCUT2D eigenvalue weighted by Crippen LogP contribution is 2.37. The molecule has 0 radical (unpaired) electrons. The molecule has 3 atom stereocenters. The summed E-state index contributed by atoms with van der Waals surface area (Å²) in [6, 6.07) is 0.241. The van der Waals surface area contributed by atoms with E-state index in [2.05, 4.69) is 0 Å². The molecule has 0 bridgehead atoms. The summed E-state index contributed by atoms with van der Waals surface area (Å²) < 4.78 is 5.58. The maximum Gasteiger partial charge on any atom is 0.0769 e. The minimum absolute atomic E-state index is 0.0799. The molecular formula is C8H16N2O. The lowest BCUT2D eigenvalue weighted by atomic mass is 9.95. The van der Waals surface area contributed by atoms with Gasteiger partial charge in [-0.15, -0.1) is 0 Å². The van der Waals surface area contributed by atoms with Crippen LogP contribution in [0.5, 0.6) is 0 Å². The van der Waals surface area contributed by atoms with E-state index in [0.29, 0.717) is 0 Å². The van der Waals surface area contributed by atoms with Crippen molar-refractivity contribution in [1.82, 2.24) is 0 Å². The van der Waals surface area contributed by atoms with Crippen molar-refractivity contribution in [2.45, 2.75) is 37.5 Å². The fourth-order valence-electron chi connectivity index (χ4n) is 1.76. The van der Waals surface area contributed by atoms with Gasteiger partial charge in [0.15, 0.2) is 0 Å². The Bertz CT molecular complexity index is 147. The van der Waals surface area contributed by atoms with E-state index in [0.717, 1.165) is 18.9 Å². The average Bonchev–Trinajstić information content (AvgIpc) is 2.77. The molecular weight excluding hydrogens is 140 g/mol. The molecule has 4 N–H and O–H groups in total. The fourth-order valence-corrected chi connectivity index (χ4v) is 1.76. The SMILES string of the molecule is NC1CCOC(C2CC2)C1N. The van der Waals surface area contributed by atoms with E-state index in [-0.39, 0.29) is 18.2 Å². The van der Waals surface area contributed by atoms with Crippen LogP contribution < -0.4 is 11.5 Å². The highest BCUT2D eigenvalue weighted by atomic mass is 16.5. The molecule has 3 unspecified atom stereocenters. The predicted octanol–water partition coefficient (Wildman–Crippen LogP) is -0.160. The summed E-state index contributed by atoms with van der Waals surface area (Å²) in [6.07, 6.45) is 3.75. The molecule has 2 fully saturated rings. The fraction of sp³-hybridized carbons (Fsp3) is 1.00. The smallest absolute Gasteiger partial charge is 0.0769 e. The molecule has 64 valence electrons.